The van der Waals surface area contributed by atoms with E-state index in [4.69, 9.17) is 9.05 Å². The molecule has 3 atom stereocenters. The number of amides is 1. The summed E-state index contributed by atoms with van der Waals surface area (Å²) in [6.07, 6.45) is 37.5. The van der Waals surface area contributed by atoms with Crippen molar-refractivity contribution in [2.45, 2.75) is 154 Å². The van der Waals surface area contributed by atoms with Crippen LogP contribution in [0.4, 0.5) is 0 Å². The zero-order valence-electron chi connectivity index (χ0n) is 31.5. The van der Waals surface area contributed by atoms with E-state index in [0.717, 1.165) is 64.2 Å². The summed E-state index contributed by atoms with van der Waals surface area (Å²) in [6.45, 7) is 4.68. The van der Waals surface area contributed by atoms with Gasteiger partial charge in [-0.1, -0.05) is 120 Å². The van der Waals surface area contributed by atoms with E-state index in [2.05, 4.69) is 55.6 Å². The van der Waals surface area contributed by atoms with E-state index in [-0.39, 0.29) is 19.1 Å². The molecule has 0 rings (SSSR count). The third-order valence-corrected chi connectivity index (χ3v) is 8.98. The Kier molecular flexibility index (Phi) is 30.4. The highest BCUT2D eigenvalue weighted by molar-refractivity contribution is 7.47. The normalized spacial score (nSPS) is 15.2. The number of phosphoric ester groups is 1. The van der Waals surface area contributed by atoms with Gasteiger partial charge in [0.05, 0.1) is 39.9 Å². The summed E-state index contributed by atoms with van der Waals surface area (Å²) in [7, 11) is 1.53. The van der Waals surface area contributed by atoms with Gasteiger partial charge in [-0.2, -0.15) is 0 Å². The number of aliphatic hydroxyl groups is 1. The molecule has 0 aliphatic carbocycles. The van der Waals surface area contributed by atoms with Gasteiger partial charge in [-0.05, 0) is 64.2 Å². The molecule has 0 saturated carbocycles. The van der Waals surface area contributed by atoms with Gasteiger partial charge in [0.1, 0.15) is 13.2 Å². The van der Waals surface area contributed by atoms with Crippen LogP contribution < -0.4 is 5.32 Å². The molecule has 0 fully saturated rings. The quantitative estimate of drug-likeness (QED) is 0.0273. The number of allylic oxidation sites excluding steroid dienone is 7. The topological polar surface area (TPSA) is 105 Å². The first kappa shape index (κ1) is 46.5. The molecule has 0 aromatic rings. The highest BCUT2D eigenvalue weighted by atomic mass is 31.2. The van der Waals surface area contributed by atoms with Crippen LogP contribution in [0.5, 0.6) is 0 Å². The van der Waals surface area contributed by atoms with Crippen molar-refractivity contribution in [1.29, 1.82) is 0 Å². The van der Waals surface area contributed by atoms with Crippen LogP contribution in [-0.2, 0) is 18.4 Å². The first-order valence-corrected chi connectivity index (χ1v) is 20.5. The summed E-state index contributed by atoms with van der Waals surface area (Å²) < 4.78 is 23.4. The Morgan fingerprint density at radius 2 is 1.17 bits per heavy atom. The SMILES string of the molecule is CCCC/C=C/CC/C=C/CC/C=C/C(O)C(COP(=O)(O)OCC[N+](C)(C)C)NC(=O)CCCCCCC/C=C\CCCCCCC. The summed E-state index contributed by atoms with van der Waals surface area (Å²) in [5.74, 6) is -0.205. The maximum atomic E-state index is 12.8. The van der Waals surface area contributed by atoms with E-state index in [1.807, 2.05) is 27.2 Å². The van der Waals surface area contributed by atoms with E-state index >= 15 is 0 Å². The van der Waals surface area contributed by atoms with Crippen molar-refractivity contribution in [3.8, 4) is 0 Å². The fourth-order valence-corrected chi connectivity index (χ4v) is 5.61. The third kappa shape index (κ3) is 33.0. The summed E-state index contributed by atoms with van der Waals surface area (Å²) in [5, 5.41) is 13.7. The number of carbonyl (C=O) groups excluding carboxylic acids is 1. The Hall–Kier alpha value is -1.54. The van der Waals surface area contributed by atoms with Crippen molar-refractivity contribution in [3.05, 3.63) is 48.6 Å². The Labute approximate surface area is 295 Å². The van der Waals surface area contributed by atoms with E-state index in [9.17, 15) is 19.4 Å². The average Bonchev–Trinajstić information content (AvgIpc) is 3.02. The Bertz CT molecular complexity index is 928. The lowest BCUT2D eigenvalue weighted by Crippen LogP contribution is -2.45. The molecule has 0 aliphatic rings. The number of hydrogen-bond acceptors (Lipinski definition) is 5. The molecule has 1 amide bonds. The molecule has 0 spiro atoms. The van der Waals surface area contributed by atoms with Gasteiger partial charge in [-0.3, -0.25) is 13.8 Å². The van der Waals surface area contributed by atoms with Crippen molar-refractivity contribution in [2.75, 3.05) is 40.9 Å². The van der Waals surface area contributed by atoms with E-state index < -0.39 is 20.0 Å². The number of phosphoric acid groups is 1. The molecular formula is C39H74N2O6P+. The molecule has 3 unspecified atom stereocenters. The molecule has 0 heterocycles. The van der Waals surface area contributed by atoms with Crippen LogP contribution in [0, 0.1) is 0 Å². The molecule has 0 aromatic heterocycles. The summed E-state index contributed by atoms with van der Waals surface area (Å²) in [5.41, 5.74) is 0. The van der Waals surface area contributed by atoms with Crippen LogP contribution in [0.3, 0.4) is 0 Å². The molecule has 9 heteroatoms. The molecule has 0 saturated heterocycles. The Morgan fingerprint density at radius 1 is 0.688 bits per heavy atom. The fraction of sp³-hybridized carbons (Fsp3) is 0.769. The Morgan fingerprint density at radius 3 is 1.73 bits per heavy atom. The van der Waals surface area contributed by atoms with Crippen LogP contribution in [0.25, 0.3) is 0 Å². The molecule has 48 heavy (non-hydrogen) atoms. The second-order valence-corrected chi connectivity index (χ2v) is 15.4. The number of carbonyl (C=O) groups is 1. The lowest BCUT2D eigenvalue weighted by molar-refractivity contribution is -0.870. The summed E-state index contributed by atoms with van der Waals surface area (Å²) >= 11 is 0. The first-order valence-electron chi connectivity index (χ1n) is 19.0. The van der Waals surface area contributed by atoms with Crippen LogP contribution in [-0.4, -0.2) is 73.4 Å². The largest absolute Gasteiger partial charge is 0.472 e. The second kappa shape index (κ2) is 31.4. The van der Waals surface area contributed by atoms with Gasteiger partial charge in [0.25, 0.3) is 0 Å². The number of hydrogen-bond donors (Lipinski definition) is 3. The highest BCUT2D eigenvalue weighted by Gasteiger charge is 2.27. The van der Waals surface area contributed by atoms with Crippen LogP contribution in [0.15, 0.2) is 48.6 Å². The van der Waals surface area contributed by atoms with Crippen LogP contribution >= 0.6 is 7.82 Å². The van der Waals surface area contributed by atoms with Gasteiger partial charge in [0, 0.05) is 6.42 Å². The number of aliphatic hydroxyl groups excluding tert-OH is 1. The first-order chi connectivity index (χ1) is 23.0. The minimum atomic E-state index is -4.34. The third-order valence-electron chi connectivity index (χ3n) is 8.00. The number of nitrogens with zero attached hydrogens (tertiary/aromatic N) is 1. The van der Waals surface area contributed by atoms with Gasteiger partial charge >= 0.3 is 7.82 Å². The number of nitrogens with one attached hydrogen (secondary N) is 1. The summed E-state index contributed by atoms with van der Waals surface area (Å²) in [6, 6.07) is -0.871. The minimum Gasteiger partial charge on any atom is -0.387 e. The van der Waals surface area contributed by atoms with Crippen LogP contribution in [0.1, 0.15) is 142 Å². The van der Waals surface area contributed by atoms with E-state index in [0.29, 0.717) is 17.4 Å². The number of rotatable bonds is 33. The zero-order valence-corrected chi connectivity index (χ0v) is 32.4. The predicted octanol–water partition coefficient (Wildman–Crippen LogP) is 9.74. The van der Waals surface area contributed by atoms with Gasteiger partial charge in [0.15, 0.2) is 0 Å². The molecule has 0 aromatic carbocycles. The molecular weight excluding hydrogens is 623 g/mol. The highest BCUT2D eigenvalue weighted by Crippen LogP contribution is 2.43. The Balaban J connectivity index is 4.63. The molecule has 0 radical (unpaired) electrons. The molecule has 3 N–H and O–H groups in total. The maximum absolute atomic E-state index is 12.8. The lowest BCUT2D eigenvalue weighted by Gasteiger charge is -2.25. The number of unbranched alkanes of at least 4 members (excludes halogenated alkanes) is 14. The van der Waals surface area contributed by atoms with Crippen molar-refractivity contribution in [2.24, 2.45) is 0 Å². The maximum Gasteiger partial charge on any atom is 0.472 e. The number of quaternary nitrogens is 1. The van der Waals surface area contributed by atoms with Crippen molar-refractivity contribution in [1.82, 2.24) is 5.32 Å². The predicted molar refractivity (Wildman–Crippen MR) is 203 cm³/mol. The molecule has 8 nitrogen and oxygen atoms in total. The van der Waals surface area contributed by atoms with Crippen molar-refractivity contribution < 1.29 is 32.9 Å². The van der Waals surface area contributed by atoms with Crippen molar-refractivity contribution in [3.63, 3.8) is 0 Å². The number of likely N-dealkylation sites (N-methyl/N-ethyl adjacent to an activating group) is 1. The van der Waals surface area contributed by atoms with Gasteiger partial charge < -0.3 is 19.8 Å². The van der Waals surface area contributed by atoms with E-state index in [1.54, 1.807) is 6.08 Å². The summed E-state index contributed by atoms with van der Waals surface area (Å²) in [4.78, 5) is 23.0. The molecule has 0 bridgehead atoms. The van der Waals surface area contributed by atoms with Gasteiger partial charge in [0.2, 0.25) is 5.91 Å². The molecule has 280 valence electrons. The standard InChI is InChI=1S/C39H73N2O6P/c1-6-8-10-12-14-16-18-20-21-23-25-27-29-31-33-39(43)40-37(36-47-48(44,45)46-35-34-41(3,4)5)38(42)32-30-28-26-24-22-19-17-15-13-11-9-7-2/h13,15,18,20,22,24,30,32,37-38,42H,6-12,14,16-17,19,21,23,25-29,31,33-36H2,1-5H3,(H-,40,43,44,45)/p+1/b15-13+,20-18-,24-22+,32-30+. The average molecular weight is 698 g/mol. The van der Waals surface area contributed by atoms with Gasteiger partial charge in [-0.15, -0.1) is 0 Å². The van der Waals surface area contributed by atoms with Gasteiger partial charge in [-0.25, -0.2) is 4.57 Å². The molecule has 0 aliphatic heterocycles. The zero-order chi connectivity index (χ0) is 35.8. The second-order valence-electron chi connectivity index (χ2n) is 13.9. The van der Waals surface area contributed by atoms with E-state index in [1.165, 1.54) is 57.8 Å². The smallest absolute Gasteiger partial charge is 0.387 e. The monoisotopic (exact) mass is 698 g/mol. The van der Waals surface area contributed by atoms with Crippen LogP contribution in [0.2, 0.25) is 0 Å². The minimum absolute atomic E-state index is 0.0504. The lowest BCUT2D eigenvalue weighted by atomic mass is 10.1. The van der Waals surface area contributed by atoms with Crippen molar-refractivity contribution >= 4 is 13.7 Å². The fourth-order valence-electron chi connectivity index (χ4n) is 4.87.